The van der Waals surface area contributed by atoms with Crippen molar-refractivity contribution in [1.82, 2.24) is 5.32 Å². The third-order valence-electron chi connectivity index (χ3n) is 3.19. The predicted octanol–water partition coefficient (Wildman–Crippen LogP) is 3.63. The Bertz CT molecular complexity index is 459. The van der Waals surface area contributed by atoms with Crippen LogP contribution >= 0.6 is 22.6 Å². The lowest BCUT2D eigenvalue weighted by Crippen LogP contribution is -2.36. The molecule has 0 unspecified atom stereocenters. The topological polar surface area (TPSA) is 29.1 Å². The van der Waals surface area contributed by atoms with Gasteiger partial charge in [-0.25, -0.2) is 8.78 Å². The minimum atomic E-state index is -0.804. The maximum Gasteiger partial charge on any atom is 0.254 e. The largest absolute Gasteiger partial charge is 0.349 e. The highest BCUT2D eigenvalue weighted by molar-refractivity contribution is 14.1. The van der Waals surface area contributed by atoms with E-state index in [-0.39, 0.29) is 15.2 Å². The van der Waals surface area contributed by atoms with Gasteiger partial charge in [0, 0.05) is 15.7 Å². The fourth-order valence-corrected chi connectivity index (χ4v) is 2.67. The first-order valence-corrected chi connectivity index (χ1v) is 7.11. The number of amides is 1. The third kappa shape index (κ3) is 3.18. The van der Waals surface area contributed by atoms with Crippen LogP contribution in [0.2, 0.25) is 0 Å². The van der Waals surface area contributed by atoms with Crippen molar-refractivity contribution >= 4 is 28.5 Å². The summed E-state index contributed by atoms with van der Waals surface area (Å²) in [5, 5.41) is 2.82. The Morgan fingerprint density at radius 2 is 1.83 bits per heavy atom. The van der Waals surface area contributed by atoms with E-state index >= 15 is 0 Å². The zero-order chi connectivity index (χ0) is 13.1. The SMILES string of the molecule is O=C(NC1CCCCC1)c1cc(I)c(F)cc1F. The summed E-state index contributed by atoms with van der Waals surface area (Å²) in [6, 6.07) is 2.13. The van der Waals surface area contributed by atoms with Crippen LogP contribution in [-0.4, -0.2) is 11.9 Å². The maximum absolute atomic E-state index is 13.5. The average molecular weight is 365 g/mol. The molecule has 1 fully saturated rings. The predicted molar refractivity (Wildman–Crippen MR) is 73.4 cm³/mol. The van der Waals surface area contributed by atoms with Gasteiger partial charge >= 0.3 is 0 Å². The highest BCUT2D eigenvalue weighted by atomic mass is 127. The van der Waals surface area contributed by atoms with Gasteiger partial charge in [0.2, 0.25) is 0 Å². The molecule has 2 rings (SSSR count). The number of nitrogens with one attached hydrogen (secondary N) is 1. The van der Waals surface area contributed by atoms with Crippen LogP contribution in [0, 0.1) is 15.2 Å². The lowest BCUT2D eigenvalue weighted by Gasteiger charge is -2.22. The van der Waals surface area contributed by atoms with E-state index in [1.165, 1.54) is 12.5 Å². The molecule has 0 radical (unpaired) electrons. The van der Waals surface area contributed by atoms with Crippen molar-refractivity contribution in [1.29, 1.82) is 0 Å². The quantitative estimate of drug-likeness (QED) is 0.630. The molecule has 5 heteroatoms. The second-order valence-electron chi connectivity index (χ2n) is 4.55. The lowest BCUT2D eigenvalue weighted by atomic mass is 9.95. The summed E-state index contributed by atoms with van der Waals surface area (Å²) in [5.41, 5.74) is -0.0774. The maximum atomic E-state index is 13.5. The van der Waals surface area contributed by atoms with E-state index in [9.17, 15) is 13.6 Å². The summed E-state index contributed by atoms with van der Waals surface area (Å²) in [6.45, 7) is 0. The highest BCUT2D eigenvalue weighted by Gasteiger charge is 2.20. The van der Waals surface area contributed by atoms with Crippen LogP contribution in [0.15, 0.2) is 12.1 Å². The minimum absolute atomic E-state index is 0.0774. The monoisotopic (exact) mass is 365 g/mol. The zero-order valence-electron chi connectivity index (χ0n) is 9.81. The minimum Gasteiger partial charge on any atom is -0.349 e. The summed E-state index contributed by atoms with van der Waals surface area (Å²) < 4.78 is 26.9. The van der Waals surface area contributed by atoms with Gasteiger partial charge in [-0.1, -0.05) is 19.3 Å². The Kier molecular flexibility index (Phi) is 4.53. The second-order valence-corrected chi connectivity index (χ2v) is 5.72. The number of hydrogen-bond acceptors (Lipinski definition) is 1. The normalized spacial score (nSPS) is 16.6. The summed E-state index contributed by atoms with van der Waals surface area (Å²) in [7, 11) is 0. The van der Waals surface area contributed by atoms with Crippen molar-refractivity contribution < 1.29 is 13.6 Å². The molecule has 0 saturated heterocycles. The fourth-order valence-electron chi connectivity index (χ4n) is 2.21. The number of rotatable bonds is 2. The van der Waals surface area contributed by atoms with Gasteiger partial charge in [0.1, 0.15) is 11.6 Å². The molecular formula is C13H14F2INO. The van der Waals surface area contributed by atoms with Gasteiger partial charge in [-0.15, -0.1) is 0 Å². The van der Waals surface area contributed by atoms with Crippen molar-refractivity contribution in [2.45, 2.75) is 38.1 Å². The lowest BCUT2D eigenvalue weighted by molar-refractivity contribution is 0.0923. The molecule has 1 N–H and O–H groups in total. The molecule has 1 amide bonds. The number of benzene rings is 1. The van der Waals surface area contributed by atoms with Crippen molar-refractivity contribution in [3.8, 4) is 0 Å². The fraction of sp³-hybridized carbons (Fsp3) is 0.462. The highest BCUT2D eigenvalue weighted by Crippen LogP contribution is 2.20. The molecule has 1 saturated carbocycles. The first kappa shape index (κ1) is 13.7. The van der Waals surface area contributed by atoms with Crippen LogP contribution in [0.1, 0.15) is 42.5 Å². The average Bonchev–Trinajstić information content (AvgIpc) is 2.35. The van der Waals surface area contributed by atoms with Crippen molar-refractivity contribution in [2.24, 2.45) is 0 Å². The van der Waals surface area contributed by atoms with E-state index in [1.807, 2.05) is 0 Å². The molecule has 1 aliphatic rings. The van der Waals surface area contributed by atoms with Crippen LogP contribution in [0.3, 0.4) is 0 Å². The van der Waals surface area contributed by atoms with Crippen molar-refractivity contribution in [3.05, 3.63) is 32.9 Å². The van der Waals surface area contributed by atoms with Crippen molar-refractivity contribution in [3.63, 3.8) is 0 Å². The van der Waals surface area contributed by atoms with Crippen LogP contribution in [0.4, 0.5) is 8.78 Å². The van der Waals surface area contributed by atoms with Crippen LogP contribution in [0.5, 0.6) is 0 Å². The van der Waals surface area contributed by atoms with E-state index in [0.717, 1.165) is 31.7 Å². The van der Waals surface area contributed by atoms with E-state index in [1.54, 1.807) is 22.6 Å². The standard InChI is InChI=1S/C13H14F2INO/c14-10-7-11(15)12(16)6-9(10)13(18)17-8-4-2-1-3-5-8/h6-8H,1-5H2,(H,17,18). The number of hydrogen-bond donors (Lipinski definition) is 1. The summed E-state index contributed by atoms with van der Waals surface area (Å²) in [4.78, 5) is 11.9. The van der Waals surface area contributed by atoms with Gasteiger partial charge in [0.25, 0.3) is 5.91 Å². The molecule has 0 spiro atoms. The van der Waals surface area contributed by atoms with Gasteiger partial charge in [-0.3, -0.25) is 4.79 Å². The summed E-state index contributed by atoms with van der Waals surface area (Å²) in [5.74, 6) is -1.89. The van der Waals surface area contributed by atoms with Crippen molar-refractivity contribution in [2.75, 3.05) is 0 Å². The Hall–Kier alpha value is -0.720. The molecule has 0 atom stereocenters. The molecule has 0 aromatic heterocycles. The molecule has 18 heavy (non-hydrogen) atoms. The van der Waals surface area contributed by atoms with E-state index in [4.69, 9.17) is 0 Å². The Morgan fingerprint density at radius 3 is 2.50 bits per heavy atom. The molecule has 0 aliphatic heterocycles. The smallest absolute Gasteiger partial charge is 0.254 e. The first-order valence-electron chi connectivity index (χ1n) is 6.03. The van der Waals surface area contributed by atoms with Crippen LogP contribution < -0.4 is 5.32 Å². The molecule has 1 aromatic carbocycles. The van der Waals surface area contributed by atoms with E-state index in [0.29, 0.717) is 0 Å². The van der Waals surface area contributed by atoms with Gasteiger partial charge in [0.05, 0.1) is 5.56 Å². The van der Waals surface area contributed by atoms with Gasteiger partial charge in [-0.2, -0.15) is 0 Å². The van der Waals surface area contributed by atoms with E-state index in [2.05, 4.69) is 5.32 Å². The van der Waals surface area contributed by atoms with Gasteiger partial charge in [-0.05, 0) is 41.5 Å². The Morgan fingerprint density at radius 1 is 1.17 bits per heavy atom. The molecule has 1 aliphatic carbocycles. The van der Waals surface area contributed by atoms with E-state index < -0.39 is 17.5 Å². The molecule has 0 bridgehead atoms. The van der Waals surface area contributed by atoms with Gasteiger partial charge < -0.3 is 5.32 Å². The Balaban J connectivity index is 2.10. The zero-order valence-corrected chi connectivity index (χ0v) is 12.0. The molecule has 2 nitrogen and oxygen atoms in total. The number of carbonyl (C=O) groups is 1. The molecule has 98 valence electrons. The first-order chi connectivity index (χ1) is 8.58. The van der Waals surface area contributed by atoms with Crippen LogP contribution in [0.25, 0.3) is 0 Å². The van der Waals surface area contributed by atoms with Gasteiger partial charge in [0.15, 0.2) is 0 Å². The summed E-state index contributed by atoms with van der Waals surface area (Å²) >= 11 is 1.75. The summed E-state index contributed by atoms with van der Waals surface area (Å²) in [6.07, 6.45) is 5.25. The number of halogens is 3. The Labute approximate surface area is 118 Å². The third-order valence-corrected chi connectivity index (χ3v) is 4.02. The second kappa shape index (κ2) is 5.95. The molecule has 1 aromatic rings. The molecule has 0 heterocycles. The van der Waals surface area contributed by atoms with Crippen LogP contribution in [-0.2, 0) is 0 Å². The number of carbonyl (C=O) groups excluding carboxylic acids is 1. The molecular weight excluding hydrogens is 351 g/mol.